The molecule has 3 aromatic rings. The van der Waals surface area contributed by atoms with E-state index in [2.05, 4.69) is 16.4 Å². The number of amides is 1. The van der Waals surface area contributed by atoms with Crippen LogP contribution in [-0.2, 0) is 14.8 Å². The molecule has 34 heavy (non-hydrogen) atoms. The molecule has 0 radical (unpaired) electrons. The number of carbonyl (C=O) groups is 1. The second-order valence-corrected chi connectivity index (χ2v) is 10.4. The van der Waals surface area contributed by atoms with Crippen molar-refractivity contribution in [2.75, 3.05) is 24.2 Å². The highest BCUT2D eigenvalue weighted by atomic mass is 32.2. The fourth-order valence-corrected chi connectivity index (χ4v) is 5.63. The molecule has 1 amide bonds. The van der Waals surface area contributed by atoms with E-state index in [1.807, 2.05) is 48.7 Å². The first-order valence-corrected chi connectivity index (χ1v) is 13.2. The molecule has 0 aliphatic carbocycles. The van der Waals surface area contributed by atoms with E-state index in [0.717, 1.165) is 16.9 Å². The molecule has 0 spiro atoms. The molecule has 0 saturated carbocycles. The second kappa shape index (κ2) is 10.9. The zero-order valence-corrected chi connectivity index (χ0v) is 21.2. The molecular formula is C24H27N5O3S2. The minimum atomic E-state index is -3.58. The third-order valence-electron chi connectivity index (χ3n) is 5.50. The van der Waals surface area contributed by atoms with Gasteiger partial charge >= 0.3 is 0 Å². The maximum absolute atomic E-state index is 12.8. The van der Waals surface area contributed by atoms with E-state index < -0.39 is 10.0 Å². The van der Waals surface area contributed by atoms with Gasteiger partial charge in [0.15, 0.2) is 0 Å². The molecule has 8 nitrogen and oxygen atoms in total. The topological polar surface area (TPSA) is 108 Å². The summed E-state index contributed by atoms with van der Waals surface area (Å²) in [6, 6.07) is 14.8. The molecule has 3 rings (SSSR count). The van der Waals surface area contributed by atoms with Gasteiger partial charge in [-0.25, -0.2) is 13.4 Å². The zero-order chi connectivity index (χ0) is 24.9. The maximum Gasteiger partial charge on any atom is 0.244 e. The second-order valence-electron chi connectivity index (χ2n) is 7.48. The van der Waals surface area contributed by atoms with Gasteiger partial charge in [-0.3, -0.25) is 9.36 Å². The molecule has 1 aromatic carbocycles. The van der Waals surface area contributed by atoms with Crippen LogP contribution in [-0.4, -0.2) is 47.0 Å². The highest BCUT2D eigenvalue weighted by Gasteiger charge is 2.23. The van der Waals surface area contributed by atoms with Crippen molar-refractivity contribution in [2.24, 2.45) is 0 Å². The van der Waals surface area contributed by atoms with Gasteiger partial charge in [0.25, 0.3) is 0 Å². The first kappa shape index (κ1) is 25.5. The number of nitrogens with zero attached hydrogens (tertiary/aromatic N) is 4. The normalized spacial score (nSPS) is 11.4. The Morgan fingerprint density at radius 1 is 1.15 bits per heavy atom. The summed E-state index contributed by atoms with van der Waals surface area (Å²) in [4.78, 5) is 17.1. The first-order valence-electron chi connectivity index (χ1n) is 10.8. The van der Waals surface area contributed by atoms with E-state index in [1.165, 1.54) is 28.3 Å². The van der Waals surface area contributed by atoms with Crippen LogP contribution in [0.1, 0.15) is 30.7 Å². The number of sulfonamides is 1. The third kappa shape index (κ3) is 5.17. The highest BCUT2D eigenvalue weighted by molar-refractivity contribution is 7.99. The molecule has 1 N–H and O–H groups in total. The van der Waals surface area contributed by atoms with Crippen molar-refractivity contribution in [1.82, 2.24) is 13.9 Å². The molecule has 2 aromatic heterocycles. The molecule has 10 heteroatoms. The smallest absolute Gasteiger partial charge is 0.244 e. The summed E-state index contributed by atoms with van der Waals surface area (Å²) in [6.45, 7) is 8.09. The van der Waals surface area contributed by atoms with E-state index in [-0.39, 0.29) is 16.6 Å². The predicted molar refractivity (Wildman–Crippen MR) is 134 cm³/mol. The number of carbonyl (C=O) groups excluding carboxylic acids is 1. The number of hydrogen-bond donors (Lipinski definition) is 1. The van der Waals surface area contributed by atoms with Crippen LogP contribution < -0.4 is 5.32 Å². The molecule has 0 fully saturated rings. The van der Waals surface area contributed by atoms with Crippen molar-refractivity contribution >= 4 is 33.5 Å². The molecular weight excluding hydrogens is 470 g/mol. The van der Waals surface area contributed by atoms with Crippen LogP contribution in [0.4, 0.5) is 5.82 Å². The summed E-state index contributed by atoms with van der Waals surface area (Å²) in [5, 5.41) is 13.1. The van der Waals surface area contributed by atoms with Crippen molar-refractivity contribution < 1.29 is 13.2 Å². The number of pyridine rings is 1. The highest BCUT2D eigenvalue weighted by Crippen LogP contribution is 2.30. The van der Waals surface area contributed by atoms with Crippen molar-refractivity contribution in [1.29, 1.82) is 5.26 Å². The number of anilines is 1. The van der Waals surface area contributed by atoms with Gasteiger partial charge in [-0.15, -0.1) is 0 Å². The average Bonchev–Trinajstić information content (AvgIpc) is 3.07. The van der Waals surface area contributed by atoms with E-state index in [1.54, 1.807) is 19.9 Å². The lowest BCUT2D eigenvalue weighted by Gasteiger charge is -2.18. The standard InChI is InChI=1S/C24H27N5O3S2/c1-5-28(6-2)34(31,32)20-12-13-23(26-15-20)33-16-22(30)27-24-21(14-25)17(3)18(4)29(24)19-10-8-7-9-11-19/h7-13,15H,5-6,16H2,1-4H3,(H,27,30). The summed E-state index contributed by atoms with van der Waals surface area (Å²) < 4.78 is 28.4. The fraction of sp³-hybridized carbons (Fsp3) is 0.292. The van der Waals surface area contributed by atoms with Gasteiger partial charge in [0.05, 0.1) is 16.3 Å². The third-order valence-corrected chi connectivity index (χ3v) is 8.48. The number of thioether (sulfide) groups is 1. The van der Waals surface area contributed by atoms with Crippen molar-refractivity contribution in [3.63, 3.8) is 0 Å². The van der Waals surface area contributed by atoms with Gasteiger partial charge in [0.1, 0.15) is 16.8 Å². The van der Waals surface area contributed by atoms with Crippen molar-refractivity contribution in [2.45, 2.75) is 37.6 Å². The van der Waals surface area contributed by atoms with Crippen LogP contribution in [0.5, 0.6) is 0 Å². The molecule has 178 valence electrons. The minimum Gasteiger partial charge on any atom is -0.310 e. The summed E-state index contributed by atoms with van der Waals surface area (Å²) >= 11 is 1.19. The number of rotatable bonds is 9. The minimum absolute atomic E-state index is 0.0536. The van der Waals surface area contributed by atoms with Crippen molar-refractivity contribution in [3.8, 4) is 11.8 Å². The predicted octanol–water partition coefficient (Wildman–Crippen LogP) is 4.12. The quantitative estimate of drug-likeness (QED) is 0.446. The number of hydrogen-bond acceptors (Lipinski definition) is 6. The lowest BCUT2D eigenvalue weighted by molar-refractivity contribution is -0.113. The van der Waals surface area contributed by atoms with Gasteiger partial charge in [-0.1, -0.05) is 43.8 Å². The van der Waals surface area contributed by atoms with E-state index in [4.69, 9.17) is 0 Å². The summed E-state index contributed by atoms with van der Waals surface area (Å²) in [6.07, 6.45) is 1.31. The van der Waals surface area contributed by atoms with Gasteiger partial charge in [-0.2, -0.15) is 9.57 Å². The number of nitrogens with one attached hydrogen (secondary N) is 1. The first-order chi connectivity index (χ1) is 16.2. The van der Waals surface area contributed by atoms with E-state index in [0.29, 0.717) is 29.5 Å². The molecule has 0 saturated heterocycles. The van der Waals surface area contributed by atoms with Crippen LogP contribution in [0, 0.1) is 25.2 Å². The van der Waals surface area contributed by atoms with E-state index >= 15 is 0 Å². The number of benzene rings is 1. The fourth-order valence-electron chi connectivity index (χ4n) is 3.59. The monoisotopic (exact) mass is 497 g/mol. The van der Waals surface area contributed by atoms with Crippen LogP contribution in [0.15, 0.2) is 58.6 Å². The molecule has 0 atom stereocenters. The van der Waals surface area contributed by atoms with Gasteiger partial charge in [0, 0.05) is 30.7 Å². The van der Waals surface area contributed by atoms with Crippen LogP contribution in [0.2, 0.25) is 0 Å². The number of para-hydroxylation sites is 1. The Morgan fingerprint density at radius 2 is 1.82 bits per heavy atom. The van der Waals surface area contributed by atoms with Gasteiger partial charge in [-0.05, 0) is 43.7 Å². The molecule has 0 unspecified atom stereocenters. The summed E-state index contributed by atoms with van der Waals surface area (Å²) in [7, 11) is -3.58. The van der Waals surface area contributed by atoms with Crippen LogP contribution >= 0.6 is 11.8 Å². The Kier molecular flexibility index (Phi) is 8.15. The van der Waals surface area contributed by atoms with Gasteiger partial charge < -0.3 is 5.32 Å². The Morgan fingerprint density at radius 3 is 2.38 bits per heavy atom. The van der Waals surface area contributed by atoms with E-state index in [9.17, 15) is 18.5 Å². The largest absolute Gasteiger partial charge is 0.310 e. The maximum atomic E-state index is 12.8. The zero-order valence-electron chi connectivity index (χ0n) is 19.6. The SMILES string of the molecule is CCN(CC)S(=O)(=O)c1ccc(SCC(=O)Nc2c(C#N)c(C)c(C)n2-c2ccccc2)nc1. The average molecular weight is 498 g/mol. The van der Waals surface area contributed by atoms with Gasteiger partial charge in [0.2, 0.25) is 15.9 Å². The lowest BCUT2D eigenvalue weighted by atomic mass is 10.2. The van der Waals surface area contributed by atoms with Crippen LogP contribution in [0.25, 0.3) is 5.69 Å². The number of nitriles is 1. The number of aromatic nitrogens is 2. The molecule has 2 heterocycles. The Bertz CT molecular complexity index is 1310. The van der Waals surface area contributed by atoms with Crippen molar-refractivity contribution in [3.05, 3.63) is 65.5 Å². The molecule has 0 aliphatic heterocycles. The summed E-state index contributed by atoms with van der Waals surface area (Å²) in [5.41, 5.74) is 2.95. The Balaban J connectivity index is 1.75. The summed E-state index contributed by atoms with van der Waals surface area (Å²) in [5.74, 6) is 0.193. The Labute approximate surface area is 204 Å². The van der Waals surface area contributed by atoms with Crippen LogP contribution in [0.3, 0.4) is 0 Å². The Hall–Kier alpha value is -3.13. The molecule has 0 aliphatic rings. The lowest BCUT2D eigenvalue weighted by Crippen LogP contribution is -2.30. The molecule has 0 bridgehead atoms.